The molecule has 1 radical (unpaired) electrons. The lowest BCUT2D eigenvalue weighted by atomic mass is 10.2. The lowest BCUT2D eigenvalue weighted by molar-refractivity contribution is -0.287. The summed E-state index contributed by atoms with van der Waals surface area (Å²) in [4.78, 5) is 4.10. The van der Waals surface area contributed by atoms with E-state index in [1.807, 2.05) is 0 Å². The highest BCUT2D eigenvalue weighted by Gasteiger charge is 2.11. The third-order valence-electron chi connectivity index (χ3n) is 1.56. The van der Waals surface area contributed by atoms with E-state index in [-0.39, 0.29) is 6.23 Å². The van der Waals surface area contributed by atoms with E-state index in [0.717, 1.165) is 25.8 Å². The molecule has 3 nitrogen and oxygen atoms in total. The van der Waals surface area contributed by atoms with Crippen molar-refractivity contribution in [2.24, 2.45) is 0 Å². The topological polar surface area (TPSA) is 43.6 Å². The van der Waals surface area contributed by atoms with Gasteiger partial charge in [0.15, 0.2) is 6.23 Å². The second kappa shape index (κ2) is 3.82. The van der Waals surface area contributed by atoms with Crippen LogP contribution >= 0.6 is 0 Å². The van der Waals surface area contributed by atoms with Crippen LogP contribution in [0, 0.1) is 0 Å². The van der Waals surface area contributed by atoms with E-state index in [1.165, 1.54) is 6.42 Å². The first kappa shape index (κ1) is 6.99. The van der Waals surface area contributed by atoms with Crippen molar-refractivity contribution in [1.82, 2.24) is 5.32 Å². The van der Waals surface area contributed by atoms with Crippen molar-refractivity contribution >= 4 is 0 Å². The predicted molar refractivity (Wildman–Crippen MR) is 33.0 cm³/mol. The van der Waals surface area contributed by atoms with Gasteiger partial charge in [0, 0.05) is 6.54 Å². The molecule has 0 aromatic rings. The summed E-state index contributed by atoms with van der Waals surface area (Å²) >= 11 is 0. The molecule has 1 atom stereocenters. The van der Waals surface area contributed by atoms with Crippen LogP contribution in [0.4, 0.5) is 0 Å². The van der Waals surface area contributed by atoms with Crippen LogP contribution < -0.4 is 5.32 Å². The Morgan fingerprint density at radius 1 is 1.33 bits per heavy atom. The Morgan fingerprint density at radius 3 is 3.00 bits per heavy atom. The van der Waals surface area contributed by atoms with E-state index in [9.17, 15) is 0 Å². The molecule has 3 heteroatoms. The largest absolute Gasteiger partial charge is 0.250 e. The molecule has 53 valence electrons. The molecule has 0 aromatic heterocycles. The minimum absolute atomic E-state index is 0.243. The quantitative estimate of drug-likeness (QED) is 0.424. The minimum Gasteiger partial charge on any atom is -0.250 e. The third kappa shape index (κ3) is 2.30. The van der Waals surface area contributed by atoms with Gasteiger partial charge >= 0.3 is 0 Å². The number of hydrogen-bond donors (Lipinski definition) is 1. The highest BCUT2D eigenvalue weighted by Crippen LogP contribution is 2.09. The molecular weight excluding hydrogens is 118 g/mol. The lowest BCUT2D eigenvalue weighted by Crippen LogP contribution is -2.22. The second-order valence-corrected chi connectivity index (χ2v) is 2.32. The first-order chi connectivity index (χ1) is 4.43. The number of rotatable bonds is 1. The van der Waals surface area contributed by atoms with Crippen molar-refractivity contribution in [2.75, 3.05) is 6.54 Å². The first-order valence-electron chi connectivity index (χ1n) is 3.40. The lowest BCUT2D eigenvalue weighted by Gasteiger charge is -2.07. The van der Waals surface area contributed by atoms with Crippen molar-refractivity contribution in [1.29, 1.82) is 0 Å². The van der Waals surface area contributed by atoms with Gasteiger partial charge < -0.3 is 0 Å². The molecule has 1 aliphatic rings. The maximum atomic E-state index is 8.22. The van der Waals surface area contributed by atoms with Crippen LogP contribution in [0.15, 0.2) is 0 Å². The summed E-state index contributed by atoms with van der Waals surface area (Å²) in [6, 6.07) is 0. The fourth-order valence-electron chi connectivity index (χ4n) is 1.02. The van der Waals surface area contributed by atoms with Gasteiger partial charge in [0.1, 0.15) is 0 Å². The molecule has 1 N–H and O–H groups in total. The van der Waals surface area contributed by atoms with Crippen LogP contribution in [0.5, 0.6) is 0 Å². The molecule has 0 saturated carbocycles. The highest BCUT2D eigenvalue weighted by molar-refractivity contribution is 4.59. The first-order valence-corrected chi connectivity index (χ1v) is 3.40. The molecule has 1 heterocycles. The molecule has 1 fully saturated rings. The summed E-state index contributed by atoms with van der Waals surface area (Å²) < 4.78 is 0. The van der Waals surface area contributed by atoms with E-state index in [4.69, 9.17) is 5.26 Å². The average molecular weight is 130 g/mol. The molecule has 0 spiro atoms. The van der Waals surface area contributed by atoms with Crippen LogP contribution in [0.1, 0.15) is 25.7 Å². The van der Waals surface area contributed by atoms with Gasteiger partial charge in [0.05, 0.1) is 0 Å². The molecule has 1 aliphatic heterocycles. The fraction of sp³-hybridized carbons (Fsp3) is 1.00. The number of hydrogen-bond acceptors (Lipinski definition) is 2. The Labute approximate surface area is 54.9 Å². The van der Waals surface area contributed by atoms with Gasteiger partial charge in [0.2, 0.25) is 0 Å². The zero-order valence-corrected chi connectivity index (χ0v) is 5.42. The summed E-state index contributed by atoms with van der Waals surface area (Å²) in [5, 5.41) is 12.3. The Bertz CT molecular complexity index is 69.5. The van der Waals surface area contributed by atoms with E-state index in [1.54, 1.807) is 0 Å². The Hall–Kier alpha value is -0.120. The maximum Gasteiger partial charge on any atom is 0.158 e. The monoisotopic (exact) mass is 130 g/mol. The van der Waals surface area contributed by atoms with Gasteiger partial charge in [-0.15, -0.1) is 0 Å². The predicted octanol–water partition coefficient (Wildman–Crippen LogP) is 0.980. The molecule has 0 aromatic carbocycles. The van der Waals surface area contributed by atoms with Gasteiger partial charge in [-0.1, -0.05) is 6.42 Å². The van der Waals surface area contributed by atoms with Gasteiger partial charge in [-0.25, -0.2) is 10.2 Å². The van der Waals surface area contributed by atoms with Gasteiger partial charge in [-0.3, -0.25) is 5.26 Å². The second-order valence-electron chi connectivity index (χ2n) is 2.32. The molecule has 1 rings (SSSR count). The summed E-state index contributed by atoms with van der Waals surface area (Å²) in [6.07, 6.45) is 4.10. The van der Waals surface area contributed by atoms with Crippen LogP contribution in [-0.4, -0.2) is 18.0 Å². The number of nitrogens with zero attached hydrogens (tertiary/aromatic N) is 1. The molecule has 0 bridgehead atoms. The standard InChI is InChI=1S/C6H12NO2/c8-9-6-4-2-1-3-5-7-6/h6,8H,1-5H2. The highest BCUT2D eigenvalue weighted by atomic mass is 17.1. The normalized spacial score (nSPS) is 29.7. The van der Waals surface area contributed by atoms with Crippen molar-refractivity contribution < 1.29 is 10.1 Å². The van der Waals surface area contributed by atoms with Crippen molar-refractivity contribution in [3.63, 3.8) is 0 Å². The minimum atomic E-state index is -0.243. The van der Waals surface area contributed by atoms with Gasteiger partial charge in [-0.05, 0) is 19.3 Å². The summed E-state index contributed by atoms with van der Waals surface area (Å²) in [5.74, 6) is 0. The average Bonchev–Trinajstić information content (AvgIpc) is 2.13. The molecule has 0 amide bonds. The summed E-state index contributed by atoms with van der Waals surface area (Å²) in [5.41, 5.74) is 0. The summed E-state index contributed by atoms with van der Waals surface area (Å²) in [7, 11) is 0. The summed E-state index contributed by atoms with van der Waals surface area (Å²) in [6.45, 7) is 0.839. The fourth-order valence-corrected chi connectivity index (χ4v) is 1.02. The van der Waals surface area contributed by atoms with Crippen molar-refractivity contribution in [2.45, 2.75) is 31.9 Å². The van der Waals surface area contributed by atoms with Gasteiger partial charge in [0.25, 0.3) is 0 Å². The van der Waals surface area contributed by atoms with E-state index in [2.05, 4.69) is 10.2 Å². The zero-order valence-electron chi connectivity index (χ0n) is 5.42. The Balaban J connectivity index is 2.18. The van der Waals surface area contributed by atoms with Gasteiger partial charge in [-0.2, -0.15) is 0 Å². The van der Waals surface area contributed by atoms with Crippen molar-refractivity contribution in [3.8, 4) is 0 Å². The van der Waals surface area contributed by atoms with Crippen LogP contribution in [-0.2, 0) is 4.89 Å². The smallest absolute Gasteiger partial charge is 0.158 e. The van der Waals surface area contributed by atoms with E-state index < -0.39 is 0 Å². The SMILES string of the molecule is OOC1CCCCC[N]1. The van der Waals surface area contributed by atoms with Crippen molar-refractivity contribution in [3.05, 3.63) is 0 Å². The maximum absolute atomic E-state index is 8.22. The Kier molecular flexibility index (Phi) is 2.97. The molecular formula is C6H12NO2. The van der Waals surface area contributed by atoms with E-state index in [0.29, 0.717) is 0 Å². The molecule has 1 unspecified atom stereocenters. The molecule has 1 saturated heterocycles. The third-order valence-corrected chi connectivity index (χ3v) is 1.56. The molecule has 0 aliphatic carbocycles. The van der Waals surface area contributed by atoms with E-state index >= 15 is 0 Å². The van der Waals surface area contributed by atoms with Crippen LogP contribution in [0.25, 0.3) is 0 Å². The zero-order chi connectivity index (χ0) is 6.53. The van der Waals surface area contributed by atoms with Crippen LogP contribution in [0.2, 0.25) is 0 Å². The Morgan fingerprint density at radius 2 is 2.22 bits per heavy atom. The van der Waals surface area contributed by atoms with Crippen LogP contribution in [0.3, 0.4) is 0 Å². The molecule has 9 heavy (non-hydrogen) atoms.